The lowest BCUT2D eigenvalue weighted by atomic mass is 9.82. The van der Waals surface area contributed by atoms with E-state index in [9.17, 15) is 4.79 Å². The van der Waals surface area contributed by atoms with Gasteiger partial charge in [-0.2, -0.15) is 0 Å². The van der Waals surface area contributed by atoms with Crippen molar-refractivity contribution in [2.24, 2.45) is 17.3 Å². The number of rotatable bonds is 4. The molecule has 2 heteroatoms. The molecule has 0 radical (unpaired) electrons. The van der Waals surface area contributed by atoms with E-state index in [1.165, 1.54) is 0 Å². The van der Waals surface area contributed by atoms with Crippen LogP contribution in [0.15, 0.2) is 0 Å². The molecule has 1 N–H and O–H groups in total. The van der Waals surface area contributed by atoms with Gasteiger partial charge in [0.1, 0.15) is 5.78 Å². The second-order valence-electron chi connectivity index (χ2n) is 5.24. The predicted octanol–water partition coefficient (Wildman–Crippen LogP) is 2.26. The molecule has 0 amide bonds. The van der Waals surface area contributed by atoms with Crippen LogP contribution in [-0.2, 0) is 4.79 Å². The minimum Gasteiger partial charge on any atom is -0.396 e. The third-order valence-corrected chi connectivity index (χ3v) is 2.12. The standard InChI is InChI=1S/C11H22O2/c1-8(2)9(7-12)10(13)6-11(3,4)5/h8-9,12H,6-7H2,1-5H3/t9-/m1/s1. The van der Waals surface area contributed by atoms with Crippen LogP contribution in [-0.4, -0.2) is 17.5 Å². The van der Waals surface area contributed by atoms with E-state index >= 15 is 0 Å². The van der Waals surface area contributed by atoms with Crippen LogP contribution in [0.1, 0.15) is 41.0 Å². The first-order valence-corrected chi connectivity index (χ1v) is 4.91. The van der Waals surface area contributed by atoms with Crippen LogP contribution in [0, 0.1) is 17.3 Å². The molecule has 0 heterocycles. The summed E-state index contributed by atoms with van der Waals surface area (Å²) in [6.45, 7) is 10.1. The van der Waals surface area contributed by atoms with Gasteiger partial charge in [0.05, 0.1) is 6.61 Å². The quantitative estimate of drug-likeness (QED) is 0.731. The summed E-state index contributed by atoms with van der Waals surface area (Å²) in [5.41, 5.74) is 0.0272. The molecule has 0 aromatic heterocycles. The molecule has 0 fully saturated rings. The van der Waals surface area contributed by atoms with Gasteiger partial charge in [0, 0.05) is 12.3 Å². The van der Waals surface area contributed by atoms with Crippen molar-refractivity contribution < 1.29 is 9.90 Å². The van der Waals surface area contributed by atoms with Gasteiger partial charge >= 0.3 is 0 Å². The fourth-order valence-electron chi connectivity index (χ4n) is 1.34. The molecule has 0 bridgehead atoms. The van der Waals surface area contributed by atoms with Crippen LogP contribution in [0.25, 0.3) is 0 Å². The second kappa shape index (κ2) is 4.75. The number of ketones is 1. The number of aliphatic hydroxyl groups is 1. The SMILES string of the molecule is CC(C)[C@@H](CO)C(=O)CC(C)(C)C. The third-order valence-electron chi connectivity index (χ3n) is 2.12. The first-order chi connectivity index (χ1) is 5.78. The molecule has 0 spiro atoms. The predicted molar refractivity (Wildman–Crippen MR) is 54.5 cm³/mol. The van der Waals surface area contributed by atoms with Gasteiger partial charge in [-0.15, -0.1) is 0 Å². The monoisotopic (exact) mass is 186 g/mol. The van der Waals surface area contributed by atoms with Crippen LogP contribution in [0.4, 0.5) is 0 Å². The zero-order valence-corrected chi connectivity index (χ0v) is 9.42. The van der Waals surface area contributed by atoms with Crippen molar-refractivity contribution in [1.29, 1.82) is 0 Å². The van der Waals surface area contributed by atoms with E-state index < -0.39 is 0 Å². The highest BCUT2D eigenvalue weighted by molar-refractivity contribution is 5.81. The Balaban J connectivity index is 4.23. The molecule has 0 aromatic rings. The van der Waals surface area contributed by atoms with Crippen molar-refractivity contribution in [3.8, 4) is 0 Å². The van der Waals surface area contributed by atoms with E-state index in [-0.39, 0.29) is 29.6 Å². The van der Waals surface area contributed by atoms with Gasteiger partial charge in [-0.05, 0) is 11.3 Å². The van der Waals surface area contributed by atoms with E-state index in [4.69, 9.17) is 5.11 Å². The van der Waals surface area contributed by atoms with E-state index in [2.05, 4.69) is 0 Å². The van der Waals surface area contributed by atoms with Gasteiger partial charge < -0.3 is 5.11 Å². The van der Waals surface area contributed by atoms with Gasteiger partial charge in [-0.3, -0.25) is 4.79 Å². The molecule has 0 aromatic carbocycles. The fourth-order valence-corrected chi connectivity index (χ4v) is 1.34. The first-order valence-electron chi connectivity index (χ1n) is 4.91. The molecule has 13 heavy (non-hydrogen) atoms. The maximum absolute atomic E-state index is 11.7. The Hall–Kier alpha value is -0.370. The van der Waals surface area contributed by atoms with Crippen molar-refractivity contribution in [1.82, 2.24) is 0 Å². The maximum Gasteiger partial charge on any atom is 0.139 e. The zero-order valence-electron chi connectivity index (χ0n) is 9.42. The van der Waals surface area contributed by atoms with Gasteiger partial charge in [0.15, 0.2) is 0 Å². The van der Waals surface area contributed by atoms with Crippen molar-refractivity contribution >= 4 is 5.78 Å². The average molecular weight is 186 g/mol. The topological polar surface area (TPSA) is 37.3 Å². The Labute approximate surface area is 81.3 Å². The summed E-state index contributed by atoms with van der Waals surface area (Å²) in [5.74, 6) is 0.240. The maximum atomic E-state index is 11.7. The van der Waals surface area contributed by atoms with Crippen LogP contribution in [0.3, 0.4) is 0 Å². The summed E-state index contributed by atoms with van der Waals surface area (Å²) in [4.78, 5) is 11.7. The third kappa shape index (κ3) is 5.04. The molecule has 0 rings (SSSR count). The summed E-state index contributed by atoms with van der Waals surface area (Å²) in [6, 6.07) is 0. The molecular weight excluding hydrogens is 164 g/mol. The Kier molecular flexibility index (Phi) is 4.62. The minimum atomic E-state index is -0.181. The molecule has 0 saturated heterocycles. The van der Waals surface area contributed by atoms with Crippen molar-refractivity contribution in [2.45, 2.75) is 41.0 Å². The Bertz CT molecular complexity index is 165. The van der Waals surface area contributed by atoms with Crippen molar-refractivity contribution in [3.05, 3.63) is 0 Å². The molecule has 1 atom stereocenters. The Morgan fingerprint density at radius 3 is 2.00 bits per heavy atom. The zero-order chi connectivity index (χ0) is 10.6. The number of aliphatic hydroxyl groups excluding tert-OH is 1. The number of carbonyl (C=O) groups is 1. The summed E-state index contributed by atoms with van der Waals surface area (Å²) in [5, 5.41) is 9.04. The number of hydrogen-bond donors (Lipinski definition) is 1. The lowest BCUT2D eigenvalue weighted by Gasteiger charge is -2.22. The summed E-state index contributed by atoms with van der Waals surface area (Å²) >= 11 is 0. The second-order valence-corrected chi connectivity index (χ2v) is 5.24. The van der Waals surface area contributed by atoms with Gasteiger partial charge in [0.2, 0.25) is 0 Å². The molecule has 0 aliphatic rings. The van der Waals surface area contributed by atoms with Crippen molar-refractivity contribution in [2.75, 3.05) is 6.61 Å². The molecule has 0 unspecified atom stereocenters. The number of Topliss-reactive ketones (excluding diaryl/α,β-unsaturated/α-hetero) is 1. The smallest absolute Gasteiger partial charge is 0.139 e. The van der Waals surface area contributed by atoms with E-state index in [1.807, 2.05) is 34.6 Å². The molecule has 0 saturated carbocycles. The normalized spacial score (nSPS) is 14.7. The first kappa shape index (κ1) is 12.6. The molecule has 0 aliphatic heterocycles. The highest BCUT2D eigenvalue weighted by Gasteiger charge is 2.25. The van der Waals surface area contributed by atoms with Crippen LogP contribution in [0.2, 0.25) is 0 Å². The average Bonchev–Trinajstić information content (AvgIpc) is 1.82. The van der Waals surface area contributed by atoms with E-state index in [0.29, 0.717) is 6.42 Å². The minimum absolute atomic E-state index is 0.0212. The number of hydrogen-bond acceptors (Lipinski definition) is 2. The largest absolute Gasteiger partial charge is 0.396 e. The van der Waals surface area contributed by atoms with Crippen LogP contribution >= 0.6 is 0 Å². The molecule has 2 nitrogen and oxygen atoms in total. The fraction of sp³-hybridized carbons (Fsp3) is 0.909. The molecule has 0 aliphatic carbocycles. The van der Waals surface area contributed by atoms with Crippen molar-refractivity contribution in [3.63, 3.8) is 0 Å². The van der Waals surface area contributed by atoms with E-state index in [1.54, 1.807) is 0 Å². The summed E-state index contributed by atoms with van der Waals surface area (Å²) in [7, 11) is 0. The van der Waals surface area contributed by atoms with Gasteiger partial charge in [-0.25, -0.2) is 0 Å². The van der Waals surface area contributed by atoms with Crippen LogP contribution in [0.5, 0.6) is 0 Å². The summed E-state index contributed by atoms with van der Waals surface area (Å²) in [6.07, 6.45) is 0.552. The lowest BCUT2D eigenvalue weighted by Crippen LogP contribution is -2.27. The molecule has 78 valence electrons. The molecular formula is C11H22O2. The summed E-state index contributed by atoms with van der Waals surface area (Å²) < 4.78 is 0. The van der Waals surface area contributed by atoms with Gasteiger partial charge in [-0.1, -0.05) is 34.6 Å². The Morgan fingerprint density at radius 2 is 1.77 bits per heavy atom. The highest BCUT2D eigenvalue weighted by Crippen LogP contribution is 2.23. The highest BCUT2D eigenvalue weighted by atomic mass is 16.3. The van der Waals surface area contributed by atoms with E-state index in [0.717, 1.165) is 0 Å². The Morgan fingerprint density at radius 1 is 1.31 bits per heavy atom. The number of carbonyl (C=O) groups excluding carboxylic acids is 1. The van der Waals surface area contributed by atoms with Crippen LogP contribution < -0.4 is 0 Å². The lowest BCUT2D eigenvalue weighted by molar-refractivity contribution is -0.127. The van der Waals surface area contributed by atoms with Gasteiger partial charge in [0.25, 0.3) is 0 Å².